The van der Waals surface area contributed by atoms with Crippen LogP contribution in [0, 0.1) is 11.7 Å². The van der Waals surface area contributed by atoms with Crippen molar-refractivity contribution in [3.63, 3.8) is 0 Å². The summed E-state index contributed by atoms with van der Waals surface area (Å²) in [6.45, 7) is 2.09. The second-order valence-electron chi connectivity index (χ2n) is 6.98. The van der Waals surface area contributed by atoms with Crippen molar-refractivity contribution >= 4 is 11.8 Å². The van der Waals surface area contributed by atoms with E-state index >= 15 is 0 Å². The zero-order valence-corrected chi connectivity index (χ0v) is 16.2. The third-order valence-corrected chi connectivity index (χ3v) is 4.23. The second-order valence-corrected chi connectivity index (χ2v) is 6.98. The number of alkyl halides is 3. The van der Waals surface area contributed by atoms with Gasteiger partial charge in [0.25, 0.3) is 5.91 Å². The first-order chi connectivity index (χ1) is 13.5. The fourth-order valence-corrected chi connectivity index (χ4v) is 2.70. The van der Waals surface area contributed by atoms with Crippen LogP contribution in [-0.4, -0.2) is 45.5 Å². The number of benzene rings is 1. The van der Waals surface area contributed by atoms with Crippen LogP contribution in [-0.2, 0) is 17.9 Å². The van der Waals surface area contributed by atoms with Gasteiger partial charge in [-0.2, -0.15) is 13.2 Å². The lowest BCUT2D eigenvalue weighted by Crippen LogP contribution is -2.50. The summed E-state index contributed by atoms with van der Waals surface area (Å²) in [7, 11) is 1.42. The zero-order valence-electron chi connectivity index (χ0n) is 16.2. The van der Waals surface area contributed by atoms with Crippen molar-refractivity contribution in [1.82, 2.24) is 19.8 Å². The van der Waals surface area contributed by atoms with E-state index in [0.717, 1.165) is 16.7 Å². The van der Waals surface area contributed by atoms with Gasteiger partial charge in [-0.3, -0.25) is 9.59 Å². The number of likely N-dealkylation sites (N-methyl/N-ethyl adjacent to an activating group) is 1. The fraction of sp³-hybridized carbons (Fsp3) is 0.421. The molecule has 1 atom stereocenters. The lowest BCUT2D eigenvalue weighted by atomic mass is 10.0. The maximum Gasteiger partial charge on any atom is 0.406 e. The van der Waals surface area contributed by atoms with E-state index in [9.17, 15) is 27.2 Å². The monoisotopic (exact) mass is 414 g/mol. The topological polar surface area (TPSA) is 67.2 Å². The van der Waals surface area contributed by atoms with Gasteiger partial charge < -0.3 is 14.8 Å². The molecule has 0 fully saturated rings. The van der Waals surface area contributed by atoms with Crippen molar-refractivity contribution in [2.24, 2.45) is 5.92 Å². The highest BCUT2D eigenvalue weighted by Gasteiger charge is 2.31. The Kier molecular flexibility index (Phi) is 6.99. The highest BCUT2D eigenvalue weighted by atomic mass is 19.4. The van der Waals surface area contributed by atoms with Crippen molar-refractivity contribution < 1.29 is 27.2 Å². The Hall–Kier alpha value is -2.91. The van der Waals surface area contributed by atoms with Crippen molar-refractivity contribution in [2.75, 3.05) is 7.05 Å². The number of aromatic nitrogens is 2. The Bertz CT molecular complexity index is 847. The molecule has 0 aliphatic heterocycles. The molecule has 1 N–H and O–H groups in total. The number of halogens is 4. The van der Waals surface area contributed by atoms with Gasteiger partial charge in [-0.25, -0.2) is 9.37 Å². The highest BCUT2D eigenvalue weighted by molar-refractivity contribution is 5.97. The standard InChI is InChI=1S/C19H22F4N4O2/c1-12(2)16(25-17(28)13-4-6-14(20)7-5-13)18(29)26(3)10-15-24-8-9-27(15)11-19(21,22)23/h4-9,12,16H,10-11H2,1-3H3,(H,25,28). The van der Waals surface area contributed by atoms with Crippen LogP contribution >= 0.6 is 0 Å². The van der Waals surface area contributed by atoms with E-state index in [1.54, 1.807) is 13.8 Å². The molecule has 0 spiro atoms. The zero-order chi connectivity index (χ0) is 21.8. The number of hydrogen-bond donors (Lipinski definition) is 1. The quantitative estimate of drug-likeness (QED) is 0.709. The lowest BCUT2D eigenvalue weighted by molar-refractivity contribution is -0.141. The molecule has 0 aliphatic rings. The Labute approximate surface area is 165 Å². The van der Waals surface area contributed by atoms with Gasteiger partial charge in [-0.1, -0.05) is 13.8 Å². The summed E-state index contributed by atoms with van der Waals surface area (Å²) in [6.07, 6.45) is -1.99. The molecule has 1 heterocycles. The molecular weight excluding hydrogens is 392 g/mol. The number of hydrogen-bond acceptors (Lipinski definition) is 3. The minimum atomic E-state index is -4.42. The van der Waals surface area contributed by atoms with Crippen molar-refractivity contribution in [3.05, 3.63) is 53.9 Å². The number of carbonyl (C=O) groups excluding carboxylic acids is 2. The van der Waals surface area contributed by atoms with Crippen LogP contribution in [0.4, 0.5) is 17.6 Å². The van der Waals surface area contributed by atoms with E-state index in [4.69, 9.17) is 0 Å². The van der Waals surface area contributed by atoms with Crippen LogP contribution in [0.15, 0.2) is 36.7 Å². The SMILES string of the molecule is CC(C)C(NC(=O)c1ccc(F)cc1)C(=O)N(C)Cc1nccn1CC(F)(F)F. The van der Waals surface area contributed by atoms with Crippen molar-refractivity contribution in [2.45, 2.75) is 39.2 Å². The van der Waals surface area contributed by atoms with Gasteiger partial charge in [0, 0.05) is 25.0 Å². The van der Waals surface area contributed by atoms with Gasteiger partial charge in [-0.15, -0.1) is 0 Å². The van der Waals surface area contributed by atoms with Crippen LogP contribution in [0.2, 0.25) is 0 Å². The highest BCUT2D eigenvalue weighted by Crippen LogP contribution is 2.19. The fourth-order valence-electron chi connectivity index (χ4n) is 2.70. The molecule has 2 rings (SSSR count). The van der Waals surface area contributed by atoms with E-state index in [0.29, 0.717) is 0 Å². The minimum Gasteiger partial charge on any atom is -0.340 e. The number of rotatable bonds is 7. The first-order valence-electron chi connectivity index (χ1n) is 8.86. The average Bonchev–Trinajstić information content (AvgIpc) is 3.04. The van der Waals surface area contributed by atoms with Crippen LogP contribution < -0.4 is 5.32 Å². The Balaban J connectivity index is 2.09. The van der Waals surface area contributed by atoms with Gasteiger partial charge in [0.1, 0.15) is 24.2 Å². The second kappa shape index (κ2) is 9.06. The molecule has 0 radical (unpaired) electrons. The molecule has 10 heteroatoms. The van der Waals surface area contributed by atoms with E-state index in [2.05, 4.69) is 10.3 Å². The molecule has 29 heavy (non-hydrogen) atoms. The lowest BCUT2D eigenvalue weighted by Gasteiger charge is -2.27. The number of carbonyl (C=O) groups is 2. The summed E-state index contributed by atoms with van der Waals surface area (Å²) >= 11 is 0. The smallest absolute Gasteiger partial charge is 0.340 e. The third-order valence-electron chi connectivity index (χ3n) is 4.23. The van der Waals surface area contributed by atoms with Gasteiger partial charge in [0.15, 0.2) is 0 Å². The van der Waals surface area contributed by atoms with Crippen molar-refractivity contribution in [3.8, 4) is 0 Å². The maximum absolute atomic E-state index is 13.0. The molecule has 6 nitrogen and oxygen atoms in total. The summed E-state index contributed by atoms with van der Waals surface area (Å²) < 4.78 is 51.9. The molecule has 0 bridgehead atoms. The molecule has 2 amide bonds. The van der Waals surface area contributed by atoms with Crippen LogP contribution in [0.3, 0.4) is 0 Å². The minimum absolute atomic E-state index is 0.0746. The van der Waals surface area contributed by atoms with Gasteiger partial charge >= 0.3 is 6.18 Å². The molecule has 0 aliphatic carbocycles. The Morgan fingerprint density at radius 1 is 1.21 bits per heavy atom. The largest absolute Gasteiger partial charge is 0.406 e. The first-order valence-corrected chi connectivity index (χ1v) is 8.86. The van der Waals surface area contributed by atoms with Crippen LogP contribution in [0.5, 0.6) is 0 Å². The van der Waals surface area contributed by atoms with E-state index in [1.165, 1.54) is 36.5 Å². The molecule has 1 aromatic heterocycles. The molecule has 0 saturated heterocycles. The molecular formula is C19H22F4N4O2. The molecule has 0 saturated carbocycles. The molecule has 2 aromatic rings. The van der Waals surface area contributed by atoms with Crippen LogP contribution in [0.1, 0.15) is 30.0 Å². The third kappa shape index (κ3) is 6.30. The summed E-state index contributed by atoms with van der Waals surface area (Å²) in [5, 5.41) is 2.61. The molecule has 1 unspecified atom stereocenters. The number of imidazole rings is 1. The Morgan fingerprint density at radius 3 is 2.38 bits per heavy atom. The summed E-state index contributed by atoms with van der Waals surface area (Å²) in [5.41, 5.74) is 0.188. The molecule has 1 aromatic carbocycles. The summed E-state index contributed by atoms with van der Waals surface area (Å²) in [4.78, 5) is 30.3. The van der Waals surface area contributed by atoms with Gasteiger partial charge in [0.2, 0.25) is 5.91 Å². The average molecular weight is 414 g/mol. The maximum atomic E-state index is 13.0. The van der Waals surface area contributed by atoms with Crippen LogP contribution in [0.25, 0.3) is 0 Å². The summed E-state index contributed by atoms with van der Waals surface area (Å²) in [5.74, 6) is -1.73. The van der Waals surface area contributed by atoms with E-state index in [-0.39, 0.29) is 23.9 Å². The van der Waals surface area contributed by atoms with Crippen molar-refractivity contribution in [1.29, 1.82) is 0 Å². The summed E-state index contributed by atoms with van der Waals surface area (Å²) in [6, 6.07) is 3.94. The first kappa shape index (κ1) is 22.4. The van der Waals surface area contributed by atoms with Gasteiger partial charge in [0.05, 0.1) is 6.54 Å². The molecule has 158 valence electrons. The number of nitrogens with one attached hydrogen (secondary N) is 1. The van der Waals surface area contributed by atoms with Gasteiger partial charge in [-0.05, 0) is 30.2 Å². The van der Waals surface area contributed by atoms with E-state index in [1.807, 2.05) is 0 Å². The predicted molar refractivity (Wildman–Crippen MR) is 97.2 cm³/mol. The number of amides is 2. The number of nitrogens with zero attached hydrogens (tertiary/aromatic N) is 3. The van der Waals surface area contributed by atoms with E-state index < -0.39 is 36.4 Å². The Morgan fingerprint density at radius 2 is 1.83 bits per heavy atom. The normalized spacial score (nSPS) is 12.7. The predicted octanol–water partition coefficient (Wildman–Crippen LogP) is 3.00.